The molecule has 6 nitrogen and oxygen atoms in total. The summed E-state index contributed by atoms with van der Waals surface area (Å²) in [7, 11) is 1.48. The van der Waals surface area contributed by atoms with Gasteiger partial charge in [0, 0.05) is 29.4 Å². The summed E-state index contributed by atoms with van der Waals surface area (Å²) in [6, 6.07) is 3.00. The van der Waals surface area contributed by atoms with Gasteiger partial charge in [-0.25, -0.2) is 0 Å². The third-order valence-electron chi connectivity index (χ3n) is 5.02. The summed E-state index contributed by atoms with van der Waals surface area (Å²) in [4.78, 5) is 24.9. The fourth-order valence-electron chi connectivity index (χ4n) is 4.01. The molecule has 1 fully saturated rings. The van der Waals surface area contributed by atoms with Crippen LogP contribution in [0.2, 0.25) is 0 Å². The molecule has 0 spiro atoms. The first kappa shape index (κ1) is 16.0. The van der Waals surface area contributed by atoms with Crippen molar-refractivity contribution in [3.05, 3.63) is 23.3 Å². The number of ketones is 2. The Morgan fingerprint density at radius 1 is 1.52 bits per heavy atom. The third-order valence-corrected chi connectivity index (χ3v) is 5.02. The summed E-state index contributed by atoms with van der Waals surface area (Å²) < 4.78 is 5.20. The second-order valence-corrected chi connectivity index (χ2v) is 6.40. The Labute approximate surface area is 135 Å². The number of phenolic OH excluding ortho intramolecular Hbond substituents is 1. The van der Waals surface area contributed by atoms with Crippen LogP contribution in [-0.4, -0.2) is 42.9 Å². The van der Waals surface area contributed by atoms with Crippen molar-refractivity contribution in [1.82, 2.24) is 5.32 Å². The van der Waals surface area contributed by atoms with Gasteiger partial charge in [0.1, 0.15) is 5.78 Å². The number of carbonyl (C=O) groups excluding carboxylic acids is 2. The van der Waals surface area contributed by atoms with Crippen molar-refractivity contribution in [2.45, 2.75) is 37.1 Å². The molecule has 6 heteroatoms. The monoisotopic (exact) mass is 318 g/mol. The van der Waals surface area contributed by atoms with Crippen LogP contribution in [0.25, 0.3) is 0 Å². The van der Waals surface area contributed by atoms with Gasteiger partial charge in [0.05, 0.1) is 13.2 Å². The lowest BCUT2D eigenvalue weighted by Crippen LogP contribution is -2.54. The summed E-state index contributed by atoms with van der Waals surface area (Å²) in [5.41, 5.74) is 6.04. The molecule has 23 heavy (non-hydrogen) atoms. The van der Waals surface area contributed by atoms with E-state index in [1.165, 1.54) is 7.11 Å². The van der Waals surface area contributed by atoms with Crippen LogP contribution in [0.3, 0.4) is 0 Å². The van der Waals surface area contributed by atoms with Gasteiger partial charge < -0.3 is 20.9 Å². The summed E-state index contributed by atoms with van der Waals surface area (Å²) in [5, 5.41) is 13.9. The van der Waals surface area contributed by atoms with Crippen LogP contribution >= 0.6 is 0 Å². The maximum absolute atomic E-state index is 12.6. The molecule has 3 rings (SSSR count). The molecule has 1 saturated heterocycles. The lowest BCUT2D eigenvalue weighted by molar-refractivity contribution is -0.120. The Kier molecular flexibility index (Phi) is 4.12. The van der Waals surface area contributed by atoms with Crippen LogP contribution in [0.1, 0.15) is 41.6 Å². The van der Waals surface area contributed by atoms with E-state index in [-0.39, 0.29) is 23.4 Å². The van der Waals surface area contributed by atoms with E-state index in [0.29, 0.717) is 55.6 Å². The first-order chi connectivity index (χ1) is 11.0. The van der Waals surface area contributed by atoms with Crippen molar-refractivity contribution in [2.75, 3.05) is 20.2 Å². The largest absolute Gasteiger partial charge is 0.504 e. The Bertz CT molecular complexity index is 658. The highest BCUT2D eigenvalue weighted by atomic mass is 16.5. The van der Waals surface area contributed by atoms with E-state index in [1.807, 2.05) is 0 Å². The zero-order chi connectivity index (χ0) is 16.6. The molecule has 1 aromatic rings. The molecule has 2 bridgehead atoms. The zero-order valence-corrected chi connectivity index (χ0v) is 13.2. The number of ether oxygens (including phenoxy) is 1. The van der Waals surface area contributed by atoms with Gasteiger partial charge in [-0.15, -0.1) is 0 Å². The highest BCUT2D eigenvalue weighted by molar-refractivity contribution is 6.04. The number of benzene rings is 1. The van der Waals surface area contributed by atoms with Crippen LogP contribution in [0.15, 0.2) is 12.1 Å². The van der Waals surface area contributed by atoms with E-state index >= 15 is 0 Å². The maximum Gasteiger partial charge on any atom is 0.180 e. The van der Waals surface area contributed by atoms with Gasteiger partial charge in [0.15, 0.2) is 17.3 Å². The van der Waals surface area contributed by atoms with Crippen LogP contribution < -0.4 is 15.8 Å². The quantitative estimate of drug-likeness (QED) is 0.745. The van der Waals surface area contributed by atoms with E-state index in [1.54, 1.807) is 12.1 Å². The average Bonchev–Trinajstić information content (AvgIpc) is 2.53. The zero-order valence-electron chi connectivity index (χ0n) is 13.2. The van der Waals surface area contributed by atoms with Gasteiger partial charge in [-0.2, -0.15) is 0 Å². The molecule has 2 aliphatic rings. The number of rotatable bonds is 5. The standard InChI is InChI=1S/C17H22N2O4/c1-23-13-3-2-11-14(16(13)22)17(8-10(20)4-6-18)5-7-19-12(9-17)15(11)21/h2-3,12,19,22H,4-9,18H2,1H3. The summed E-state index contributed by atoms with van der Waals surface area (Å²) in [6.07, 6.45) is 1.83. The number of piperidine rings is 1. The first-order valence-corrected chi connectivity index (χ1v) is 7.92. The average molecular weight is 318 g/mol. The molecule has 0 aromatic heterocycles. The number of hydrogen-bond donors (Lipinski definition) is 3. The van der Waals surface area contributed by atoms with Crippen molar-refractivity contribution in [3.63, 3.8) is 0 Å². The number of nitrogens with two attached hydrogens (primary N) is 1. The fourth-order valence-corrected chi connectivity index (χ4v) is 4.01. The molecule has 1 aliphatic heterocycles. The highest BCUT2D eigenvalue weighted by Crippen LogP contribution is 2.51. The molecule has 0 amide bonds. The lowest BCUT2D eigenvalue weighted by Gasteiger charge is -2.46. The molecule has 124 valence electrons. The number of fused-ring (bicyclic) bond motifs is 4. The predicted octanol–water partition coefficient (Wildman–Crippen LogP) is 0.895. The van der Waals surface area contributed by atoms with Gasteiger partial charge >= 0.3 is 0 Å². The Morgan fingerprint density at radius 2 is 2.30 bits per heavy atom. The molecule has 4 N–H and O–H groups in total. The number of hydrogen-bond acceptors (Lipinski definition) is 6. The Morgan fingerprint density at radius 3 is 3.00 bits per heavy atom. The van der Waals surface area contributed by atoms with Gasteiger partial charge in [-0.3, -0.25) is 9.59 Å². The Balaban J connectivity index is 2.14. The molecule has 1 aromatic carbocycles. The minimum absolute atomic E-state index is 0.0146. The number of phenols is 1. The smallest absolute Gasteiger partial charge is 0.180 e. The van der Waals surface area contributed by atoms with Crippen LogP contribution in [-0.2, 0) is 10.2 Å². The van der Waals surface area contributed by atoms with Crippen molar-refractivity contribution in [2.24, 2.45) is 5.73 Å². The first-order valence-electron chi connectivity index (χ1n) is 7.92. The van der Waals surface area contributed by atoms with Crippen molar-refractivity contribution in [3.8, 4) is 11.5 Å². The van der Waals surface area contributed by atoms with E-state index in [9.17, 15) is 14.7 Å². The summed E-state index contributed by atoms with van der Waals surface area (Å²) in [5.74, 6) is 0.355. The molecule has 1 heterocycles. The number of aromatic hydroxyl groups is 1. The SMILES string of the molecule is COc1ccc2c(c1O)C1(CC(=O)CCN)CCNC(C1)C2=O. The van der Waals surface area contributed by atoms with E-state index < -0.39 is 5.41 Å². The molecule has 0 saturated carbocycles. The molecule has 2 unspecified atom stereocenters. The molecule has 1 aliphatic carbocycles. The fraction of sp³-hybridized carbons (Fsp3) is 0.529. The van der Waals surface area contributed by atoms with Crippen LogP contribution in [0, 0.1) is 0 Å². The van der Waals surface area contributed by atoms with Gasteiger partial charge in [0.25, 0.3) is 0 Å². The highest BCUT2D eigenvalue weighted by Gasteiger charge is 2.49. The number of nitrogens with one attached hydrogen (secondary N) is 1. The van der Waals surface area contributed by atoms with Gasteiger partial charge in [-0.1, -0.05) is 0 Å². The Hall–Kier alpha value is -1.92. The minimum Gasteiger partial charge on any atom is -0.504 e. The van der Waals surface area contributed by atoms with Crippen molar-refractivity contribution < 1.29 is 19.4 Å². The molecular formula is C17H22N2O4. The molecular weight excluding hydrogens is 296 g/mol. The van der Waals surface area contributed by atoms with E-state index in [4.69, 9.17) is 10.5 Å². The number of methoxy groups -OCH3 is 1. The minimum atomic E-state index is -0.524. The van der Waals surface area contributed by atoms with Gasteiger partial charge in [0.2, 0.25) is 0 Å². The normalized spacial score (nSPS) is 25.8. The van der Waals surface area contributed by atoms with Gasteiger partial charge in [-0.05, 0) is 38.1 Å². The summed E-state index contributed by atoms with van der Waals surface area (Å²) in [6.45, 7) is 0.953. The van der Waals surface area contributed by atoms with Crippen molar-refractivity contribution >= 4 is 11.6 Å². The molecule has 0 radical (unpaired) electrons. The second-order valence-electron chi connectivity index (χ2n) is 6.40. The molecule has 2 atom stereocenters. The lowest BCUT2D eigenvalue weighted by atomic mass is 9.61. The number of carbonyl (C=O) groups is 2. The van der Waals surface area contributed by atoms with Crippen molar-refractivity contribution in [1.29, 1.82) is 0 Å². The summed E-state index contributed by atoms with van der Waals surface area (Å²) >= 11 is 0. The second kappa shape index (κ2) is 5.94. The maximum atomic E-state index is 12.6. The van der Waals surface area contributed by atoms with E-state index in [2.05, 4.69) is 5.32 Å². The predicted molar refractivity (Wildman–Crippen MR) is 85.0 cm³/mol. The van der Waals surface area contributed by atoms with E-state index in [0.717, 1.165) is 0 Å². The van der Waals surface area contributed by atoms with Crippen LogP contribution in [0.4, 0.5) is 0 Å². The number of Topliss-reactive ketones (excluding diaryl/α,β-unsaturated/α-hetero) is 2. The van der Waals surface area contributed by atoms with Crippen LogP contribution in [0.5, 0.6) is 11.5 Å². The third kappa shape index (κ3) is 2.52. The topological polar surface area (TPSA) is 102 Å².